The van der Waals surface area contributed by atoms with E-state index >= 15 is 0 Å². The number of carbonyl (C=O) groups is 1. The highest BCUT2D eigenvalue weighted by Crippen LogP contribution is 2.04. The van der Waals surface area contributed by atoms with E-state index in [-0.39, 0.29) is 11.5 Å². The quantitative estimate of drug-likeness (QED) is 0.530. The van der Waals surface area contributed by atoms with Gasteiger partial charge in [-0.3, -0.25) is 9.63 Å². The summed E-state index contributed by atoms with van der Waals surface area (Å²) in [6.45, 7) is 7.82. The molecule has 0 saturated carbocycles. The van der Waals surface area contributed by atoms with Crippen LogP contribution in [0.5, 0.6) is 0 Å². The molecule has 1 N–H and O–H groups in total. The Balaban J connectivity index is 3.41. The van der Waals surface area contributed by atoms with E-state index in [9.17, 15) is 4.79 Å². The lowest BCUT2D eigenvalue weighted by Gasteiger charge is -2.18. The van der Waals surface area contributed by atoms with Gasteiger partial charge in [-0.05, 0) is 27.2 Å². The number of hydrogen-bond donors (Lipinski definition) is 1. The van der Waals surface area contributed by atoms with Crippen molar-refractivity contribution in [1.29, 1.82) is 0 Å². The van der Waals surface area contributed by atoms with Gasteiger partial charge in [-0.1, -0.05) is 19.8 Å². The molecule has 0 aliphatic heterocycles. The van der Waals surface area contributed by atoms with Crippen molar-refractivity contribution in [1.82, 2.24) is 5.48 Å². The van der Waals surface area contributed by atoms with E-state index in [1.807, 2.05) is 20.8 Å². The van der Waals surface area contributed by atoms with Crippen LogP contribution in [0, 0.1) is 0 Å². The number of hydrogen-bond acceptors (Lipinski definition) is 2. The van der Waals surface area contributed by atoms with Crippen molar-refractivity contribution in [2.24, 2.45) is 0 Å². The lowest BCUT2D eigenvalue weighted by Crippen LogP contribution is -2.33. The van der Waals surface area contributed by atoms with Gasteiger partial charge in [-0.25, -0.2) is 5.48 Å². The lowest BCUT2D eigenvalue weighted by atomic mass is 10.2. The van der Waals surface area contributed by atoms with Crippen LogP contribution in [-0.4, -0.2) is 11.5 Å². The molecule has 0 rings (SSSR count). The Bertz CT molecular complexity index is 149. The van der Waals surface area contributed by atoms with Crippen molar-refractivity contribution >= 4 is 5.91 Å². The highest BCUT2D eigenvalue weighted by Gasteiger charge is 2.12. The van der Waals surface area contributed by atoms with Crippen LogP contribution in [0.2, 0.25) is 0 Å². The first-order chi connectivity index (χ1) is 5.95. The van der Waals surface area contributed by atoms with E-state index < -0.39 is 0 Å². The van der Waals surface area contributed by atoms with Crippen molar-refractivity contribution in [2.75, 3.05) is 0 Å². The van der Waals surface area contributed by atoms with Crippen LogP contribution >= 0.6 is 0 Å². The number of amides is 1. The van der Waals surface area contributed by atoms with Crippen molar-refractivity contribution in [3.05, 3.63) is 0 Å². The first-order valence-corrected chi connectivity index (χ1v) is 4.92. The summed E-state index contributed by atoms with van der Waals surface area (Å²) in [5.41, 5.74) is 2.14. The van der Waals surface area contributed by atoms with Crippen molar-refractivity contribution < 1.29 is 9.63 Å². The van der Waals surface area contributed by atoms with E-state index in [1.54, 1.807) is 0 Å². The molecule has 0 aromatic carbocycles. The zero-order valence-corrected chi connectivity index (χ0v) is 9.14. The molecule has 0 bridgehead atoms. The zero-order chi connectivity index (χ0) is 10.3. The second-order valence-electron chi connectivity index (χ2n) is 4.20. The average Bonchev–Trinajstić information content (AvgIpc) is 2.00. The summed E-state index contributed by atoms with van der Waals surface area (Å²) >= 11 is 0. The van der Waals surface area contributed by atoms with Crippen molar-refractivity contribution in [2.45, 2.75) is 59.0 Å². The summed E-state index contributed by atoms with van der Waals surface area (Å²) in [6, 6.07) is 0. The first-order valence-electron chi connectivity index (χ1n) is 4.92. The maximum atomic E-state index is 11.1. The van der Waals surface area contributed by atoms with E-state index in [0.717, 1.165) is 19.3 Å². The minimum Gasteiger partial charge on any atom is -0.273 e. The molecule has 3 heteroatoms. The predicted octanol–water partition coefficient (Wildman–Crippen LogP) is 2.41. The third-order valence-corrected chi connectivity index (χ3v) is 1.48. The highest BCUT2D eigenvalue weighted by molar-refractivity contribution is 5.74. The molecule has 78 valence electrons. The van der Waals surface area contributed by atoms with Gasteiger partial charge < -0.3 is 0 Å². The molecule has 0 aromatic rings. The van der Waals surface area contributed by atoms with Crippen LogP contribution in [0.3, 0.4) is 0 Å². The summed E-state index contributed by atoms with van der Waals surface area (Å²) in [4.78, 5) is 16.3. The minimum absolute atomic E-state index is 0.0247. The van der Waals surface area contributed by atoms with Gasteiger partial charge in [0, 0.05) is 6.42 Å². The SMILES string of the molecule is CCCCCC(=O)NOC(C)(C)C. The highest BCUT2D eigenvalue weighted by atomic mass is 16.7. The average molecular weight is 187 g/mol. The molecule has 0 atom stereocenters. The molecule has 0 fully saturated rings. The molecule has 0 aromatic heterocycles. The molecule has 13 heavy (non-hydrogen) atoms. The molecule has 0 aliphatic carbocycles. The number of rotatable bonds is 5. The standard InChI is InChI=1S/C10H21NO2/c1-5-6-7-8-9(12)11-13-10(2,3)4/h5-8H2,1-4H3,(H,11,12). The summed E-state index contributed by atoms with van der Waals surface area (Å²) in [7, 11) is 0. The van der Waals surface area contributed by atoms with Gasteiger partial charge in [0.2, 0.25) is 5.91 Å². The van der Waals surface area contributed by atoms with Crippen LogP contribution in [0.4, 0.5) is 0 Å². The molecule has 0 heterocycles. The summed E-state index contributed by atoms with van der Waals surface area (Å²) < 4.78 is 0. The molecule has 0 spiro atoms. The van der Waals surface area contributed by atoms with Gasteiger partial charge in [0.15, 0.2) is 0 Å². The maximum Gasteiger partial charge on any atom is 0.243 e. The van der Waals surface area contributed by atoms with Crippen molar-refractivity contribution in [3.8, 4) is 0 Å². The number of nitrogens with one attached hydrogen (secondary N) is 1. The zero-order valence-electron chi connectivity index (χ0n) is 9.14. The maximum absolute atomic E-state index is 11.1. The van der Waals surface area contributed by atoms with Crippen LogP contribution in [0.25, 0.3) is 0 Å². The lowest BCUT2D eigenvalue weighted by molar-refractivity contribution is -0.145. The van der Waals surface area contributed by atoms with Crippen molar-refractivity contribution in [3.63, 3.8) is 0 Å². The van der Waals surface area contributed by atoms with Gasteiger partial charge in [-0.15, -0.1) is 0 Å². The largest absolute Gasteiger partial charge is 0.273 e. The Morgan fingerprint density at radius 1 is 1.31 bits per heavy atom. The van der Waals surface area contributed by atoms with Crippen LogP contribution in [0.15, 0.2) is 0 Å². The minimum atomic E-state index is -0.305. The fourth-order valence-electron chi connectivity index (χ4n) is 0.797. The molecule has 3 nitrogen and oxygen atoms in total. The normalized spacial score (nSPS) is 11.4. The summed E-state index contributed by atoms with van der Waals surface area (Å²) in [5.74, 6) is -0.0247. The summed E-state index contributed by atoms with van der Waals surface area (Å²) in [6.07, 6.45) is 3.73. The number of hydroxylamine groups is 1. The fraction of sp³-hybridized carbons (Fsp3) is 0.900. The first kappa shape index (κ1) is 12.4. The fourth-order valence-corrected chi connectivity index (χ4v) is 0.797. The molecule has 0 radical (unpaired) electrons. The van der Waals surface area contributed by atoms with Gasteiger partial charge in [-0.2, -0.15) is 0 Å². The second kappa shape index (κ2) is 5.97. The van der Waals surface area contributed by atoms with Gasteiger partial charge in [0.05, 0.1) is 5.60 Å². The van der Waals surface area contributed by atoms with Gasteiger partial charge in [0.1, 0.15) is 0 Å². The monoisotopic (exact) mass is 187 g/mol. The Kier molecular flexibility index (Phi) is 5.71. The van der Waals surface area contributed by atoms with E-state index in [2.05, 4.69) is 12.4 Å². The molecule has 0 aliphatic rings. The topological polar surface area (TPSA) is 38.3 Å². The third kappa shape index (κ3) is 9.34. The Morgan fingerprint density at radius 3 is 2.38 bits per heavy atom. The molecular weight excluding hydrogens is 166 g/mol. The number of unbranched alkanes of at least 4 members (excludes halogenated alkanes) is 2. The predicted molar refractivity (Wildman–Crippen MR) is 53.1 cm³/mol. The molecule has 0 saturated heterocycles. The molecular formula is C10H21NO2. The van der Waals surface area contributed by atoms with Gasteiger partial charge in [0.25, 0.3) is 0 Å². The Hall–Kier alpha value is -0.570. The molecule has 1 amide bonds. The number of carbonyl (C=O) groups excluding carboxylic acids is 1. The van der Waals surface area contributed by atoms with E-state index in [4.69, 9.17) is 4.84 Å². The molecule has 0 unspecified atom stereocenters. The van der Waals surface area contributed by atoms with Crippen LogP contribution in [-0.2, 0) is 9.63 Å². The van der Waals surface area contributed by atoms with E-state index in [1.165, 1.54) is 0 Å². The second-order valence-corrected chi connectivity index (χ2v) is 4.20. The Labute approximate surface area is 80.8 Å². The Morgan fingerprint density at radius 2 is 1.92 bits per heavy atom. The van der Waals surface area contributed by atoms with Gasteiger partial charge >= 0.3 is 0 Å². The summed E-state index contributed by atoms with van der Waals surface area (Å²) in [5, 5.41) is 0. The van der Waals surface area contributed by atoms with Crippen LogP contribution < -0.4 is 5.48 Å². The third-order valence-electron chi connectivity index (χ3n) is 1.48. The van der Waals surface area contributed by atoms with Crippen LogP contribution in [0.1, 0.15) is 53.4 Å². The smallest absolute Gasteiger partial charge is 0.243 e. The van der Waals surface area contributed by atoms with E-state index in [0.29, 0.717) is 6.42 Å².